The van der Waals surface area contributed by atoms with E-state index < -0.39 is 0 Å². The second kappa shape index (κ2) is 4.19. The molecule has 1 aromatic rings. The molecule has 20 heavy (non-hydrogen) atoms. The molecule has 5 rings (SSSR count). The van der Waals surface area contributed by atoms with Crippen LogP contribution in [0.4, 0.5) is 0 Å². The van der Waals surface area contributed by atoms with Gasteiger partial charge in [0, 0.05) is 12.1 Å². The number of carbonyl (C=O) groups is 1. The lowest BCUT2D eigenvalue weighted by molar-refractivity contribution is -0.0536. The smallest absolute Gasteiger partial charge is 0.247 e. The van der Waals surface area contributed by atoms with Crippen molar-refractivity contribution in [3.8, 4) is 0 Å². The highest BCUT2D eigenvalue weighted by Gasteiger charge is 2.51. The maximum Gasteiger partial charge on any atom is 0.247 e. The molecule has 3 heteroatoms. The minimum Gasteiger partial charge on any atom is -0.273 e. The molecule has 0 amide bonds. The molecule has 4 bridgehead atoms. The summed E-state index contributed by atoms with van der Waals surface area (Å²) >= 11 is 0. The van der Waals surface area contributed by atoms with Gasteiger partial charge in [-0.05, 0) is 81.6 Å². The molecule has 1 heterocycles. The predicted molar refractivity (Wildman–Crippen MR) is 77.5 cm³/mol. The van der Waals surface area contributed by atoms with E-state index in [2.05, 4.69) is 5.10 Å². The first-order chi connectivity index (χ1) is 9.53. The number of carbonyl (C=O) groups excluding carboxylic acids is 1. The second-order valence-corrected chi connectivity index (χ2v) is 7.83. The molecular formula is C17H24N2O. The number of nitrogens with zero attached hydrogens (tertiary/aromatic N) is 2. The van der Waals surface area contributed by atoms with Crippen LogP contribution in [-0.4, -0.2) is 15.7 Å². The van der Waals surface area contributed by atoms with E-state index in [0.29, 0.717) is 5.41 Å². The number of aromatic nitrogens is 2. The van der Waals surface area contributed by atoms with Crippen LogP contribution in [0.3, 0.4) is 0 Å². The zero-order valence-corrected chi connectivity index (χ0v) is 12.6. The highest BCUT2D eigenvalue weighted by atomic mass is 16.2. The van der Waals surface area contributed by atoms with E-state index in [4.69, 9.17) is 0 Å². The molecule has 0 atom stereocenters. The molecule has 4 saturated carbocycles. The summed E-state index contributed by atoms with van der Waals surface area (Å²) in [5, 5.41) is 4.38. The molecule has 0 N–H and O–H groups in total. The van der Waals surface area contributed by atoms with Gasteiger partial charge in [-0.15, -0.1) is 0 Å². The predicted octanol–water partition coefficient (Wildman–Crippen LogP) is 3.75. The lowest BCUT2D eigenvalue weighted by atomic mass is 9.49. The zero-order chi connectivity index (χ0) is 13.9. The standard InChI is InChI=1S/C17H24N2O/c1-11-3-12(2)19(18-11)16(20)10-17-7-13-4-14(8-17)6-15(5-13)9-17/h3,13-15H,4-10H2,1-2H3. The van der Waals surface area contributed by atoms with Crippen LogP contribution in [0.5, 0.6) is 0 Å². The maximum absolute atomic E-state index is 12.7. The van der Waals surface area contributed by atoms with Crippen LogP contribution in [0, 0.1) is 37.0 Å². The van der Waals surface area contributed by atoms with Gasteiger partial charge in [0.2, 0.25) is 5.91 Å². The first kappa shape index (κ1) is 12.6. The Hall–Kier alpha value is -1.12. The summed E-state index contributed by atoms with van der Waals surface area (Å²) in [6.07, 6.45) is 8.92. The van der Waals surface area contributed by atoms with Gasteiger partial charge in [0.25, 0.3) is 0 Å². The third-order valence-electron chi connectivity index (χ3n) is 5.94. The number of aryl methyl sites for hydroxylation is 2. The van der Waals surface area contributed by atoms with Gasteiger partial charge in [-0.1, -0.05) is 0 Å². The van der Waals surface area contributed by atoms with Crippen molar-refractivity contribution in [3.63, 3.8) is 0 Å². The van der Waals surface area contributed by atoms with Crippen molar-refractivity contribution in [2.24, 2.45) is 23.2 Å². The first-order valence-electron chi connectivity index (χ1n) is 8.09. The van der Waals surface area contributed by atoms with Crippen LogP contribution >= 0.6 is 0 Å². The molecule has 0 aromatic carbocycles. The SMILES string of the molecule is Cc1cc(C)n(C(=O)CC23CC4CC(CC(C4)C2)C3)n1. The topological polar surface area (TPSA) is 34.9 Å². The minimum atomic E-state index is 0.220. The summed E-state index contributed by atoms with van der Waals surface area (Å²) in [5.41, 5.74) is 2.25. The zero-order valence-electron chi connectivity index (χ0n) is 12.6. The van der Waals surface area contributed by atoms with Crippen molar-refractivity contribution in [1.82, 2.24) is 9.78 Å². The number of hydrogen-bond donors (Lipinski definition) is 0. The maximum atomic E-state index is 12.7. The summed E-state index contributed by atoms with van der Waals surface area (Å²) in [7, 11) is 0. The van der Waals surface area contributed by atoms with E-state index in [0.717, 1.165) is 35.6 Å². The summed E-state index contributed by atoms with van der Waals surface area (Å²) < 4.78 is 1.65. The Labute approximate surface area is 120 Å². The number of rotatable bonds is 2. The van der Waals surface area contributed by atoms with Crippen molar-refractivity contribution in [1.29, 1.82) is 0 Å². The van der Waals surface area contributed by atoms with Crippen LogP contribution in [0.2, 0.25) is 0 Å². The highest BCUT2D eigenvalue weighted by Crippen LogP contribution is 2.61. The summed E-state index contributed by atoms with van der Waals surface area (Å²) in [4.78, 5) is 12.7. The van der Waals surface area contributed by atoms with Crippen LogP contribution in [-0.2, 0) is 0 Å². The minimum absolute atomic E-state index is 0.220. The lowest BCUT2D eigenvalue weighted by Gasteiger charge is -2.56. The molecule has 0 unspecified atom stereocenters. The molecule has 4 fully saturated rings. The van der Waals surface area contributed by atoms with Gasteiger partial charge in [0.05, 0.1) is 5.69 Å². The summed E-state index contributed by atoms with van der Waals surface area (Å²) in [5.74, 6) is 2.95. The van der Waals surface area contributed by atoms with Gasteiger partial charge < -0.3 is 0 Å². The van der Waals surface area contributed by atoms with Crippen molar-refractivity contribution in [2.75, 3.05) is 0 Å². The van der Waals surface area contributed by atoms with Crippen molar-refractivity contribution >= 4 is 5.91 Å². The van der Waals surface area contributed by atoms with Gasteiger partial charge in [0.15, 0.2) is 0 Å². The molecule has 4 aliphatic carbocycles. The van der Waals surface area contributed by atoms with Crippen molar-refractivity contribution in [2.45, 2.75) is 58.8 Å². The molecule has 0 saturated heterocycles. The van der Waals surface area contributed by atoms with E-state index in [-0.39, 0.29) is 5.91 Å². The first-order valence-corrected chi connectivity index (χ1v) is 8.09. The fraction of sp³-hybridized carbons (Fsp3) is 0.765. The van der Waals surface area contributed by atoms with Gasteiger partial charge in [-0.25, -0.2) is 4.68 Å². The largest absolute Gasteiger partial charge is 0.273 e. The van der Waals surface area contributed by atoms with Gasteiger partial charge in [-0.2, -0.15) is 5.10 Å². The van der Waals surface area contributed by atoms with Crippen molar-refractivity contribution in [3.05, 3.63) is 17.5 Å². The van der Waals surface area contributed by atoms with Gasteiger partial charge >= 0.3 is 0 Å². The van der Waals surface area contributed by atoms with E-state index in [9.17, 15) is 4.79 Å². The fourth-order valence-corrected chi connectivity index (χ4v) is 5.78. The van der Waals surface area contributed by atoms with Gasteiger partial charge in [-0.3, -0.25) is 4.79 Å². The molecule has 0 radical (unpaired) electrons. The average Bonchev–Trinajstić information content (AvgIpc) is 2.66. The lowest BCUT2D eigenvalue weighted by Crippen LogP contribution is -2.47. The molecule has 3 nitrogen and oxygen atoms in total. The molecule has 4 aliphatic rings. The summed E-state index contributed by atoms with van der Waals surface area (Å²) in [6, 6.07) is 2.00. The van der Waals surface area contributed by atoms with E-state index >= 15 is 0 Å². The van der Waals surface area contributed by atoms with Crippen LogP contribution in [0.25, 0.3) is 0 Å². The van der Waals surface area contributed by atoms with E-state index in [1.165, 1.54) is 38.5 Å². The molecule has 108 valence electrons. The average molecular weight is 272 g/mol. The van der Waals surface area contributed by atoms with Crippen LogP contribution in [0.1, 0.15) is 61.1 Å². The second-order valence-electron chi connectivity index (χ2n) is 7.83. The molecule has 1 aromatic heterocycles. The fourth-order valence-electron chi connectivity index (χ4n) is 5.78. The summed E-state index contributed by atoms with van der Waals surface area (Å²) in [6.45, 7) is 3.94. The third-order valence-corrected chi connectivity index (χ3v) is 5.94. The highest BCUT2D eigenvalue weighted by molar-refractivity contribution is 5.79. The Balaban J connectivity index is 1.57. The molecule has 0 spiro atoms. The normalized spacial score (nSPS) is 38.4. The Bertz CT molecular complexity index is 522. The van der Waals surface area contributed by atoms with Crippen molar-refractivity contribution < 1.29 is 4.79 Å². The monoisotopic (exact) mass is 272 g/mol. The molecule has 0 aliphatic heterocycles. The van der Waals surface area contributed by atoms with E-state index in [1.54, 1.807) is 4.68 Å². The Morgan fingerprint density at radius 1 is 1.20 bits per heavy atom. The number of hydrogen-bond acceptors (Lipinski definition) is 2. The Morgan fingerprint density at radius 3 is 2.20 bits per heavy atom. The third kappa shape index (κ3) is 1.94. The quantitative estimate of drug-likeness (QED) is 0.822. The van der Waals surface area contributed by atoms with Gasteiger partial charge in [0.1, 0.15) is 0 Å². The van der Waals surface area contributed by atoms with Crippen LogP contribution < -0.4 is 0 Å². The van der Waals surface area contributed by atoms with E-state index in [1.807, 2.05) is 19.9 Å². The van der Waals surface area contributed by atoms with Crippen LogP contribution in [0.15, 0.2) is 6.07 Å². The Morgan fingerprint density at radius 2 is 1.75 bits per heavy atom. The Kier molecular flexibility index (Phi) is 2.64. The molecular weight excluding hydrogens is 248 g/mol.